The number of nitrogens with zero attached hydrogens (tertiary/aromatic N) is 2. The van der Waals surface area contributed by atoms with E-state index in [4.69, 9.17) is 0 Å². The molecule has 9 heteroatoms. The Bertz CT molecular complexity index is 1190. The number of aromatic hydroxyl groups is 2. The summed E-state index contributed by atoms with van der Waals surface area (Å²) in [6.45, 7) is 1.81. The second-order valence-corrected chi connectivity index (χ2v) is 5.89. The summed E-state index contributed by atoms with van der Waals surface area (Å²) in [6.07, 6.45) is 0.914. The lowest BCUT2D eigenvalue weighted by Gasteiger charge is -2.10. The molecule has 0 radical (unpaired) electrons. The number of hydrazone groups is 1. The predicted octanol–water partition coefficient (Wildman–Crippen LogP) is 1.01. The minimum Gasteiger partial charge on any atom is -0.507 e. The topological polar surface area (TPSA) is 137 Å². The molecular formula is C19H16N4O5. The molecule has 0 aliphatic rings. The quantitative estimate of drug-likeness (QED) is 0.395. The number of carbonyl (C=O) groups excluding carboxylic acids is 1. The third-order valence-electron chi connectivity index (χ3n) is 3.89. The number of carbonyl (C=O) groups is 1. The molecule has 3 rings (SSSR count). The predicted molar refractivity (Wildman–Crippen MR) is 102 cm³/mol. The monoisotopic (exact) mass is 380 g/mol. The second-order valence-electron chi connectivity index (χ2n) is 5.89. The summed E-state index contributed by atoms with van der Waals surface area (Å²) < 4.78 is 0.917. The van der Waals surface area contributed by atoms with Crippen LogP contribution >= 0.6 is 0 Å². The highest BCUT2D eigenvalue weighted by Gasteiger charge is 2.15. The van der Waals surface area contributed by atoms with E-state index >= 15 is 0 Å². The van der Waals surface area contributed by atoms with Crippen molar-refractivity contribution < 1.29 is 15.0 Å². The van der Waals surface area contributed by atoms with Crippen molar-refractivity contribution in [2.45, 2.75) is 6.92 Å². The molecule has 4 N–H and O–H groups in total. The zero-order valence-electron chi connectivity index (χ0n) is 14.7. The van der Waals surface area contributed by atoms with Gasteiger partial charge in [-0.2, -0.15) is 5.10 Å². The maximum Gasteiger partial charge on any atom is 0.335 e. The summed E-state index contributed by atoms with van der Waals surface area (Å²) in [4.78, 5) is 38.3. The van der Waals surface area contributed by atoms with E-state index in [1.165, 1.54) is 12.1 Å². The van der Waals surface area contributed by atoms with Crippen LogP contribution in [0.5, 0.6) is 11.6 Å². The summed E-state index contributed by atoms with van der Waals surface area (Å²) in [6, 6.07) is 12.6. The Hall–Kier alpha value is -4.14. The van der Waals surface area contributed by atoms with Gasteiger partial charge in [-0.3, -0.25) is 14.6 Å². The van der Waals surface area contributed by atoms with Crippen LogP contribution in [0.15, 0.2) is 63.2 Å². The molecule has 1 aromatic heterocycles. The van der Waals surface area contributed by atoms with Crippen molar-refractivity contribution in [3.8, 4) is 17.3 Å². The van der Waals surface area contributed by atoms with Crippen molar-refractivity contribution in [2.24, 2.45) is 5.10 Å². The van der Waals surface area contributed by atoms with E-state index in [9.17, 15) is 24.6 Å². The third kappa shape index (κ3) is 3.68. The van der Waals surface area contributed by atoms with E-state index in [2.05, 4.69) is 15.5 Å². The lowest BCUT2D eigenvalue weighted by Crippen LogP contribution is -2.31. The molecule has 9 nitrogen and oxygen atoms in total. The molecule has 0 bridgehead atoms. The van der Waals surface area contributed by atoms with Crippen LogP contribution in [0.4, 0.5) is 0 Å². The highest BCUT2D eigenvalue weighted by atomic mass is 16.3. The first-order valence-corrected chi connectivity index (χ1v) is 8.15. The lowest BCUT2D eigenvalue weighted by atomic mass is 10.2. The van der Waals surface area contributed by atoms with Crippen LogP contribution in [0.2, 0.25) is 0 Å². The van der Waals surface area contributed by atoms with Gasteiger partial charge in [-0.25, -0.2) is 14.8 Å². The molecule has 0 fully saturated rings. The Morgan fingerprint density at radius 3 is 2.61 bits per heavy atom. The van der Waals surface area contributed by atoms with Crippen molar-refractivity contribution in [3.63, 3.8) is 0 Å². The summed E-state index contributed by atoms with van der Waals surface area (Å²) in [5, 5.41) is 23.7. The molecule has 0 saturated heterocycles. The van der Waals surface area contributed by atoms with Crippen LogP contribution in [0.25, 0.3) is 5.69 Å². The number of H-pyrrole nitrogens is 1. The average molecular weight is 380 g/mol. The smallest absolute Gasteiger partial charge is 0.335 e. The van der Waals surface area contributed by atoms with Crippen LogP contribution in [0.1, 0.15) is 21.5 Å². The molecule has 0 aliphatic heterocycles. The largest absolute Gasteiger partial charge is 0.507 e. The van der Waals surface area contributed by atoms with Crippen molar-refractivity contribution in [1.29, 1.82) is 0 Å². The molecule has 142 valence electrons. The highest BCUT2D eigenvalue weighted by Crippen LogP contribution is 2.17. The summed E-state index contributed by atoms with van der Waals surface area (Å²) in [7, 11) is 0. The zero-order valence-corrected chi connectivity index (χ0v) is 14.7. The summed E-state index contributed by atoms with van der Waals surface area (Å²) in [5.74, 6) is -1.57. The first kappa shape index (κ1) is 18.6. The minimum atomic E-state index is -0.869. The Morgan fingerprint density at radius 2 is 1.89 bits per heavy atom. The molecule has 0 aliphatic carbocycles. The molecule has 2 aromatic carbocycles. The molecule has 3 aromatic rings. The fourth-order valence-electron chi connectivity index (χ4n) is 2.54. The zero-order chi connectivity index (χ0) is 20.3. The fourth-order valence-corrected chi connectivity index (χ4v) is 2.54. The number of phenols is 1. The number of amides is 1. The van der Waals surface area contributed by atoms with Crippen LogP contribution in [0, 0.1) is 6.92 Å². The number of para-hydroxylation sites is 1. The Labute approximate surface area is 158 Å². The second kappa shape index (κ2) is 7.62. The normalized spacial score (nSPS) is 10.9. The SMILES string of the molecule is Cc1cccc(-n2c(O)c(/C=N\NC(=O)c3ccccc3O)c(=O)[nH]c2=O)c1. The Kier molecular flexibility index (Phi) is 5.07. The van der Waals surface area contributed by atoms with Crippen LogP contribution in [0.3, 0.4) is 0 Å². The van der Waals surface area contributed by atoms with Gasteiger partial charge in [0.15, 0.2) is 0 Å². The standard InChI is InChI=1S/C19H16N4O5/c1-11-5-4-6-12(9-11)23-18(27)14(16(25)21-19(23)28)10-20-22-17(26)13-7-2-3-8-15(13)24/h2-10,24,27H,1H3,(H,22,26)(H,21,25,28)/b20-10-. The first-order chi connectivity index (χ1) is 13.4. The molecule has 0 saturated carbocycles. The number of aromatic nitrogens is 2. The van der Waals surface area contributed by atoms with E-state index in [-0.39, 0.29) is 16.9 Å². The van der Waals surface area contributed by atoms with Gasteiger partial charge in [0.2, 0.25) is 5.88 Å². The van der Waals surface area contributed by atoms with E-state index in [0.29, 0.717) is 5.69 Å². The van der Waals surface area contributed by atoms with Gasteiger partial charge in [-0.05, 0) is 36.8 Å². The third-order valence-corrected chi connectivity index (χ3v) is 3.89. The van der Waals surface area contributed by atoms with Gasteiger partial charge in [0.05, 0.1) is 17.5 Å². The van der Waals surface area contributed by atoms with Crippen molar-refractivity contribution in [2.75, 3.05) is 0 Å². The molecule has 0 spiro atoms. The maximum absolute atomic E-state index is 12.1. The number of hydrogen-bond acceptors (Lipinski definition) is 6. The Balaban J connectivity index is 1.94. The number of aromatic amines is 1. The molecule has 1 heterocycles. The van der Waals surface area contributed by atoms with Gasteiger partial charge in [0, 0.05) is 0 Å². The lowest BCUT2D eigenvalue weighted by molar-refractivity contribution is 0.0952. The molecular weight excluding hydrogens is 364 g/mol. The first-order valence-electron chi connectivity index (χ1n) is 8.15. The number of nitrogens with one attached hydrogen (secondary N) is 2. The Morgan fingerprint density at radius 1 is 1.14 bits per heavy atom. The summed E-state index contributed by atoms with van der Waals surface area (Å²) >= 11 is 0. The maximum atomic E-state index is 12.1. The van der Waals surface area contributed by atoms with Crippen molar-refractivity contribution in [1.82, 2.24) is 15.0 Å². The van der Waals surface area contributed by atoms with Crippen LogP contribution in [-0.4, -0.2) is 31.9 Å². The van der Waals surface area contributed by atoms with Gasteiger partial charge >= 0.3 is 5.69 Å². The molecule has 0 atom stereocenters. The number of phenolic OH excluding ortho intramolecular Hbond substituents is 1. The fraction of sp³-hybridized carbons (Fsp3) is 0.0526. The number of benzene rings is 2. The molecule has 1 amide bonds. The van der Waals surface area contributed by atoms with E-state index in [1.807, 2.05) is 13.0 Å². The average Bonchev–Trinajstić information content (AvgIpc) is 2.64. The van der Waals surface area contributed by atoms with Gasteiger partial charge in [-0.1, -0.05) is 24.3 Å². The van der Waals surface area contributed by atoms with Crippen LogP contribution in [-0.2, 0) is 0 Å². The van der Waals surface area contributed by atoms with Crippen LogP contribution < -0.4 is 16.7 Å². The number of aryl methyl sites for hydroxylation is 1. The molecule has 28 heavy (non-hydrogen) atoms. The number of hydrogen-bond donors (Lipinski definition) is 4. The highest BCUT2D eigenvalue weighted by molar-refractivity contribution is 5.97. The summed E-state index contributed by atoms with van der Waals surface area (Å²) in [5.41, 5.74) is 1.33. The van der Waals surface area contributed by atoms with E-state index in [0.717, 1.165) is 16.3 Å². The van der Waals surface area contributed by atoms with Gasteiger partial charge in [0.25, 0.3) is 11.5 Å². The number of rotatable bonds is 4. The van der Waals surface area contributed by atoms with E-state index in [1.54, 1.807) is 30.3 Å². The molecule has 0 unspecified atom stereocenters. The van der Waals surface area contributed by atoms with Crippen molar-refractivity contribution in [3.05, 3.63) is 86.1 Å². The van der Waals surface area contributed by atoms with Gasteiger partial charge in [-0.15, -0.1) is 0 Å². The van der Waals surface area contributed by atoms with Gasteiger partial charge < -0.3 is 10.2 Å². The van der Waals surface area contributed by atoms with Gasteiger partial charge in [0.1, 0.15) is 11.3 Å². The van der Waals surface area contributed by atoms with E-state index < -0.39 is 23.0 Å². The minimum absolute atomic E-state index is 0.0116. The van der Waals surface area contributed by atoms with Crippen molar-refractivity contribution >= 4 is 12.1 Å².